The lowest BCUT2D eigenvalue weighted by molar-refractivity contribution is -0.119. The summed E-state index contributed by atoms with van der Waals surface area (Å²) in [5, 5.41) is 8.90. The number of carbonyl (C=O) groups is 2. The maximum Gasteiger partial charge on any atom is 0.335 e. The van der Waals surface area contributed by atoms with Crippen LogP contribution < -0.4 is 16.4 Å². The van der Waals surface area contributed by atoms with Crippen LogP contribution in [-0.2, 0) is 4.79 Å². The van der Waals surface area contributed by atoms with Gasteiger partial charge < -0.3 is 21.5 Å². The van der Waals surface area contributed by atoms with Gasteiger partial charge in [-0.05, 0) is 31.5 Å². The van der Waals surface area contributed by atoms with Crippen LogP contribution in [0.2, 0.25) is 0 Å². The van der Waals surface area contributed by atoms with E-state index in [4.69, 9.17) is 16.6 Å². The van der Waals surface area contributed by atoms with Gasteiger partial charge in [0.25, 0.3) is 0 Å². The van der Waals surface area contributed by atoms with Gasteiger partial charge in [-0.15, -0.1) is 0 Å². The van der Waals surface area contributed by atoms with Gasteiger partial charge in [0.05, 0.1) is 16.9 Å². The summed E-state index contributed by atoms with van der Waals surface area (Å²) in [6.07, 6.45) is 0.559. The van der Waals surface area contributed by atoms with E-state index >= 15 is 0 Å². The molecule has 1 aromatic carbocycles. The molecule has 0 saturated carbocycles. The minimum Gasteiger partial charge on any atom is -0.478 e. The molecular formula is C13H19N3O3. The van der Waals surface area contributed by atoms with Gasteiger partial charge in [-0.1, -0.05) is 6.92 Å². The fourth-order valence-electron chi connectivity index (χ4n) is 2.08. The summed E-state index contributed by atoms with van der Waals surface area (Å²) in [5.74, 6) is -1.46. The van der Waals surface area contributed by atoms with E-state index in [2.05, 4.69) is 0 Å². The number of carboxylic acids is 1. The van der Waals surface area contributed by atoms with Crippen LogP contribution in [-0.4, -0.2) is 29.6 Å². The first-order valence-corrected chi connectivity index (χ1v) is 6.11. The molecule has 1 rings (SSSR count). The Bertz CT molecular complexity index is 488. The van der Waals surface area contributed by atoms with E-state index < -0.39 is 17.9 Å². The van der Waals surface area contributed by atoms with Crippen LogP contribution in [0.15, 0.2) is 18.2 Å². The molecule has 6 heteroatoms. The highest BCUT2D eigenvalue weighted by molar-refractivity contribution is 5.91. The maximum absolute atomic E-state index is 11.4. The van der Waals surface area contributed by atoms with Gasteiger partial charge >= 0.3 is 5.97 Å². The largest absolute Gasteiger partial charge is 0.478 e. The number of nitrogens with two attached hydrogens (primary N) is 2. The number of hydrogen-bond acceptors (Lipinski definition) is 4. The molecule has 0 aromatic heterocycles. The normalized spacial score (nSPS) is 11.9. The summed E-state index contributed by atoms with van der Waals surface area (Å²) >= 11 is 0. The van der Waals surface area contributed by atoms with Gasteiger partial charge in [0.1, 0.15) is 6.04 Å². The topological polar surface area (TPSA) is 110 Å². The number of likely N-dealkylation sites (N-methyl/N-ethyl adjacent to an activating group) is 1. The van der Waals surface area contributed by atoms with E-state index in [9.17, 15) is 9.59 Å². The highest BCUT2D eigenvalue weighted by Gasteiger charge is 2.23. The van der Waals surface area contributed by atoms with Gasteiger partial charge in [-0.3, -0.25) is 4.79 Å². The van der Waals surface area contributed by atoms with Crippen LogP contribution in [0.5, 0.6) is 0 Å². The first kappa shape index (κ1) is 14.8. The van der Waals surface area contributed by atoms with Crippen molar-refractivity contribution in [3.8, 4) is 0 Å². The summed E-state index contributed by atoms with van der Waals surface area (Å²) in [7, 11) is 0. The number of rotatable bonds is 6. The number of carboxylic acid groups (broad SMARTS) is 1. The number of hydrogen-bond donors (Lipinski definition) is 3. The molecule has 1 amide bonds. The van der Waals surface area contributed by atoms with Gasteiger partial charge in [0.2, 0.25) is 5.91 Å². The van der Waals surface area contributed by atoms with Crippen molar-refractivity contribution < 1.29 is 14.7 Å². The van der Waals surface area contributed by atoms with E-state index in [1.165, 1.54) is 12.1 Å². The average Bonchev–Trinajstić information content (AvgIpc) is 2.35. The first-order valence-electron chi connectivity index (χ1n) is 6.11. The molecule has 0 aliphatic heterocycles. The zero-order valence-electron chi connectivity index (χ0n) is 11.1. The molecule has 1 atom stereocenters. The number of amides is 1. The number of primary amides is 1. The Morgan fingerprint density at radius 2 is 2.00 bits per heavy atom. The molecule has 0 heterocycles. The number of aromatic carboxylic acids is 1. The molecular weight excluding hydrogens is 246 g/mol. The Hall–Kier alpha value is -2.24. The van der Waals surface area contributed by atoms with Crippen molar-refractivity contribution >= 4 is 23.3 Å². The molecule has 1 aromatic rings. The van der Waals surface area contributed by atoms with E-state index in [1.807, 2.05) is 13.8 Å². The highest BCUT2D eigenvalue weighted by atomic mass is 16.4. The third kappa shape index (κ3) is 3.15. The lowest BCUT2D eigenvalue weighted by Crippen LogP contribution is -2.44. The van der Waals surface area contributed by atoms with E-state index in [0.717, 1.165) is 0 Å². The van der Waals surface area contributed by atoms with Crippen molar-refractivity contribution in [3.05, 3.63) is 23.8 Å². The molecule has 0 aliphatic carbocycles. The zero-order valence-corrected chi connectivity index (χ0v) is 11.1. The van der Waals surface area contributed by atoms with Crippen LogP contribution in [0.1, 0.15) is 30.6 Å². The van der Waals surface area contributed by atoms with E-state index in [0.29, 0.717) is 24.3 Å². The second-order valence-electron chi connectivity index (χ2n) is 4.19. The fraction of sp³-hybridized carbons (Fsp3) is 0.385. The molecule has 1 unspecified atom stereocenters. The second kappa shape index (κ2) is 6.08. The van der Waals surface area contributed by atoms with Gasteiger partial charge in [-0.2, -0.15) is 0 Å². The van der Waals surface area contributed by atoms with Crippen LogP contribution in [0.25, 0.3) is 0 Å². The quantitative estimate of drug-likeness (QED) is 0.666. The SMILES string of the molecule is CCC(C(N)=O)N(CC)c1ccc(C(=O)O)cc1N. The predicted molar refractivity (Wildman–Crippen MR) is 74.1 cm³/mol. The minimum atomic E-state index is -1.04. The molecule has 0 radical (unpaired) electrons. The minimum absolute atomic E-state index is 0.115. The highest BCUT2D eigenvalue weighted by Crippen LogP contribution is 2.27. The fourth-order valence-corrected chi connectivity index (χ4v) is 2.08. The Morgan fingerprint density at radius 1 is 1.37 bits per heavy atom. The van der Waals surface area contributed by atoms with Crippen molar-refractivity contribution in [3.63, 3.8) is 0 Å². The molecule has 104 valence electrons. The summed E-state index contributed by atoms with van der Waals surface area (Å²) in [5.41, 5.74) is 12.3. The lowest BCUT2D eigenvalue weighted by atomic mass is 10.1. The number of anilines is 2. The molecule has 0 spiro atoms. The summed E-state index contributed by atoms with van der Waals surface area (Å²) < 4.78 is 0. The van der Waals surface area contributed by atoms with Crippen molar-refractivity contribution in [2.24, 2.45) is 5.73 Å². The Morgan fingerprint density at radius 3 is 2.37 bits per heavy atom. The molecule has 0 bridgehead atoms. The summed E-state index contributed by atoms with van der Waals surface area (Å²) in [6.45, 7) is 4.30. The van der Waals surface area contributed by atoms with Crippen LogP contribution in [0.4, 0.5) is 11.4 Å². The molecule has 0 fully saturated rings. The summed E-state index contributed by atoms with van der Waals surface area (Å²) in [4.78, 5) is 24.1. The predicted octanol–water partition coefficient (Wildman–Crippen LogP) is 1.06. The molecule has 6 nitrogen and oxygen atoms in total. The maximum atomic E-state index is 11.4. The average molecular weight is 265 g/mol. The molecule has 5 N–H and O–H groups in total. The molecule has 0 aliphatic rings. The number of carbonyl (C=O) groups excluding carboxylic acids is 1. The van der Waals surface area contributed by atoms with Crippen molar-refractivity contribution in [2.45, 2.75) is 26.3 Å². The van der Waals surface area contributed by atoms with Crippen LogP contribution in [0, 0.1) is 0 Å². The number of nitrogen functional groups attached to an aromatic ring is 1. The second-order valence-corrected chi connectivity index (χ2v) is 4.19. The van der Waals surface area contributed by atoms with Crippen LogP contribution in [0.3, 0.4) is 0 Å². The van der Waals surface area contributed by atoms with Crippen LogP contribution >= 0.6 is 0 Å². The van der Waals surface area contributed by atoms with Crippen molar-refractivity contribution in [1.29, 1.82) is 0 Å². The van der Waals surface area contributed by atoms with E-state index in [-0.39, 0.29) is 5.56 Å². The third-order valence-electron chi connectivity index (χ3n) is 3.02. The molecule has 19 heavy (non-hydrogen) atoms. The number of nitrogens with zero attached hydrogens (tertiary/aromatic N) is 1. The Balaban J connectivity index is 3.18. The Kier molecular flexibility index (Phi) is 4.74. The first-order chi connectivity index (χ1) is 8.92. The van der Waals surface area contributed by atoms with Gasteiger partial charge in [0.15, 0.2) is 0 Å². The molecule has 0 saturated heterocycles. The number of benzene rings is 1. The monoisotopic (exact) mass is 265 g/mol. The van der Waals surface area contributed by atoms with Gasteiger partial charge in [-0.25, -0.2) is 4.79 Å². The van der Waals surface area contributed by atoms with Crippen molar-refractivity contribution in [2.75, 3.05) is 17.2 Å². The zero-order chi connectivity index (χ0) is 14.6. The Labute approximate surface area is 112 Å². The smallest absolute Gasteiger partial charge is 0.335 e. The van der Waals surface area contributed by atoms with E-state index in [1.54, 1.807) is 11.0 Å². The third-order valence-corrected chi connectivity index (χ3v) is 3.02. The van der Waals surface area contributed by atoms with Crippen molar-refractivity contribution in [1.82, 2.24) is 0 Å². The standard InChI is InChI=1S/C13H19N3O3/c1-3-10(12(15)17)16(4-2)11-6-5-8(13(18)19)7-9(11)14/h5-7,10H,3-4,14H2,1-2H3,(H2,15,17)(H,18,19). The summed E-state index contributed by atoms with van der Waals surface area (Å²) in [6, 6.07) is 4.00. The van der Waals surface area contributed by atoms with Gasteiger partial charge in [0, 0.05) is 6.54 Å². The lowest BCUT2D eigenvalue weighted by Gasteiger charge is -2.31.